The summed E-state index contributed by atoms with van der Waals surface area (Å²) in [6, 6.07) is 0. The van der Waals surface area contributed by atoms with Crippen molar-refractivity contribution >= 4 is 29.9 Å². The predicted molar refractivity (Wildman–Crippen MR) is 124 cm³/mol. The van der Waals surface area contributed by atoms with E-state index in [1.54, 1.807) is 0 Å². The van der Waals surface area contributed by atoms with Gasteiger partial charge in [0.1, 0.15) is 0 Å². The van der Waals surface area contributed by atoms with E-state index in [2.05, 4.69) is 53.0 Å². The SMILES string of the molecule is CN=C(NCC(C)CN1CCN(C)CC1)N(C)CC1CCC(C)CC1.I. The highest BCUT2D eigenvalue weighted by Gasteiger charge is 2.21. The third kappa shape index (κ3) is 8.30. The number of aliphatic imine (C=N–C) groups is 1. The average Bonchev–Trinajstić information content (AvgIpc) is 2.59. The molecule has 5 nitrogen and oxygen atoms in total. The van der Waals surface area contributed by atoms with Crippen LogP contribution in [0.1, 0.15) is 39.5 Å². The first-order valence-corrected chi connectivity index (χ1v) is 10.3. The number of guanidine groups is 1. The molecule has 1 heterocycles. The molecule has 0 amide bonds. The van der Waals surface area contributed by atoms with E-state index in [0.29, 0.717) is 5.92 Å². The number of rotatable bonds is 6. The largest absolute Gasteiger partial charge is 0.356 e. The van der Waals surface area contributed by atoms with Gasteiger partial charge in [-0.3, -0.25) is 4.99 Å². The Labute approximate surface area is 179 Å². The van der Waals surface area contributed by atoms with Crippen molar-refractivity contribution in [2.45, 2.75) is 39.5 Å². The van der Waals surface area contributed by atoms with Crippen LogP contribution in [-0.2, 0) is 0 Å². The molecule has 2 fully saturated rings. The Morgan fingerprint density at radius 2 is 1.77 bits per heavy atom. The molecule has 1 unspecified atom stereocenters. The van der Waals surface area contributed by atoms with E-state index >= 15 is 0 Å². The molecule has 0 aromatic carbocycles. The summed E-state index contributed by atoms with van der Waals surface area (Å²) in [5.41, 5.74) is 0. The molecule has 154 valence electrons. The van der Waals surface area contributed by atoms with Gasteiger partial charge in [-0.25, -0.2) is 0 Å². The molecule has 0 radical (unpaired) electrons. The zero-order valence-corrected chi connectivity index (χ0v) is 20.0. The van der Waals surface area contributed by atoms with Crippen LogP contribution in [0.4, 0.5) is 0 Å². The molecule has 1 N–H and O–H groups in total. The quantitative estimate of drug-likeness (QED) is 0.361. The summed E-state index contributed by atoms with van der Waals surface area (Å²) in [5.74, 6) is 3.46. The van der Waals surface area contributed by atoms with Crippen LogP contribution in [0.25, 0.3) is 0 Å². The predicted octanol–water partition coefficient (Wildman–Crippen LogP) is 2.82. The highest BCUT2D eigenvalue weighted by molar-refractivity contribution is 14.0. The van der Waals surface area contributed by atoms with Gasteiger partial charge in [-0.05, 0) is 37.6 Å². The number of nitrogens with zero attached hydrogens (tertiary/aromatic N) is 4. The van der Waals surface area contributed by atoms with Gasteiger partial charge in [0.2, 0.25) is 0 Å². The molecule has 1 saturated carbocycles. The van der Waals surface area contributed by atoms with Gasteiger partial charge in [0, 0.05) is 59.9 Å². The van der Waals surface area contributed by atoms with E-state index in [4.69, 9.17) is 0 Å². The van der Waals surface area contributed by atoms with Crippen molar-refractivity contribution in [3.8, 4) is 0 Å². The van der Waals surface area contributed by atoms with Crippen molar-refractivity contribution in [3.05, 3.63) is 0 Å². The summed E-state index contributed by atoms with van der Waals surface area (Å²) in [4.78, 5) is 11.9. The minimum absolute atomic E-state index is 0. The maximum atomic E-state index is 4.51. The Bertz CT molecular complexity index is 401. The lowest BCUT2D eigenvalue weighted by atomic mass is 9.83. The number of halogens is 1. The normalized spacial score (nSPS) is 26.9. The zero-order chi connectivity index (χ0) is 18.2. The second kappa shape index (κ2) is 12.4. The number of nitrogens with one attached hydrogen (secondary N) is 1. The van der Waals surface area contributed by atoms with Crippen LogP contribution < -0.4 is 5.32 Å². The van der Waals surface area contributed by atoms with Crippen molar-refractivity contribution < 1.29 is 0 Å². The molecule has 0 spiro atoms. The van der Waals surface area contributed by atoms with E-state index in [1.165, 1.54) is 58.4 Å². The molecule has 2 rings (SSSR count). The summed E-state index contributed by atoms with van der Waals surface area (Å²) in [6.45, 7) is 12.9. The lowest BCUT2D eigenvalue weighted by molar-refractivity contribution is 0.139. The van der Waals surface area contributed by atoms with Crippen LogP contribution in [0.5, 0.6) is 0 Å². The van der Waals surface area contributed by atoms with Crippen molar-refractivity contribution in [2.75, 3.05) is 67.0 Å². The molecule has 2 aliphatic rings. The van der Waals surface area contributed by atoms with Gasteiger partial charge < -0.3 is 20.0 Å². The molecule has 6 heteroatoms. The van der Waals surface area contributed by atoms with Crippen LogP contribution in [0.15, 0.2) is 4.99 Å². The van der Waals surface area contributed by atoms with Crippen LogP contribution in [-0.4, -0.2) is 87.6 Å². The van der Waals surface area contributed by atoms with Crippen molar-refractivity contribution in [2.24, 2.45) is 22.7 Å². The molecule has 0 aromatic heterocycles. The lowest BCUT2D eigenvalue weighted by Gasteiger charge is -2.34. The van der Waals surface area contributed by atoms with Crippen LogP contribution in [0.2, 0.25) is 0 Å². The summed E-state index contributed by atoms with van der Waals surface area (Å²) in [7, 11) is 6.32. The molecular formula is C20H42IN5. The Morgan fingerprint density at radius 1 is 1.15 bits per heavy atom. The zero-order valence-electron chi connectivity index (χ0n) is 17.7. The molecule has 0 aromatic rings. The maximum Gasteiger partial charge on any atom is 0.193 e. The number of hydrogen-bond donors (Lipinski definition) is 1. The monoisotopic (exact) mass is 479 g/mol. The van der Waals surface area contributed by atoms with Crippen molar-refractivity contribution in [1.29, 1.82) is 0 Å². The topological polar surface area (TPSA) is 34.1 Å². The Balaban J connectivity index is 0.00000338. The third-order valence-corrected chi connectivity index (χ3v) is 6.02. The van der Waals surface area contributed by atoms with E-state index in [1.807, 2.05) is 7.05 Å². The summed E-state index contributed by atoms with van der Waals surface area (Å²) < 4.78 is 0. The van der Waals surface area contributed by atoms with Gasteiger partial charge in [0.05, 0.1) is 0 Å². The summed E-state index contributed by atoms with van der Waals surface area (Å²) in [6.07, 6.45) is 5.55. The fourth-order valence-electron chi connectivity index (χ4n) is 4.17. The minimum atomic E-state index is 0. The number of piperazine rings is 1. The second-order valence-electron chi connectivity index (χ2n) is 8.64. The van der Waals surface area contributed by atoms with Gasteiger partial charge in [0.25, 0.3) is 0 Å². The fourth-order valence-corrected chi connectivity index (χ4v) is 4.17. The smallest absolute Gasteiger partial charge is 0.193 e. The van der Waals surface area contributed by atoms with Crippen molar-refractivity contribution in [1.82, 2.24) is 20.0 Å². The first-order chi connectivity index (χ1) is 12.0. The van der Waals surface area contributed by atoms with Crippen LogP contribution in [0, 0.1) is 17.8 Å². The Kier molecular flexibility index (Phi) is 11.4. The van der Waals surface area contributed by atoms with Crippen molar-refractivity contribution in [3.63, 3.8) is 0 Å². The lowest BCUT2D eigenvalue weighted by Crippen LogP contribution is -2.48. The molecule has 1 aliphatic carbocycles. The number of likely N-dealkylation sites (N-methyl/N-ethyl adjacent to an activating group) is 1. The summed E-state index contributed by atoms with van der Waals surface area (Å²) in [5, 5.41) is 3.60. The third-order valence-electron chi connectivity index (χ3n) is 6.02. The van der Waals surface area contributed by atoms with Gasteiger partial charge in [-0.1, -0.05) is 26.7 Å². The van der Waals surface area contributed by atoms with Gasteiger partial charge in [-0.15, -0.1) is 24.0 Å². The average molecular weight is 479 g/mol. The summed E-state index contributed by atoms with van der Waals surface area (Å²) >= 11 is 0. The van der Waals surface area contributed by atoms with Crippen LogP contribution in [0.3, 0.4) is 0 Å². The van der Waals surface area contributed by atoms with E-state index in [9.17, 15) is 0 Å². The van der Waals surface area contributed by atoms with E-state index in [-0.39, 0.29) is 24.0 Å². The van der Waals surface area contributed by atoms with E-state index < -0.39 is 0 Å². The van der Waals surface area contributed by atoms with Gasteiger partial charge in [-0.2, -0.15) is 0 Å². The fraction of sp³-hybridized carbons (Fsp3) is 0.950. The van der Waals surface area contributed by atoms with Crippen LogP contribution >= 0.6 is 24.0 Å². The van der Waals surface area contributed by atoms with E-state index in [0.717, 1.165) is 30.9 Å². The Hall–Kier alpha value is -0.0800. The highest BCUT2D eigenvalue weighted by Crippen LogP contribution is 2.28. The highest BCUT2D eigenvalue weighted by atomic mass is 127. The first-order valence-electron chi connectivity index (χ1n) is 10.3. The molecular weight excluding hydrogens is 437 g/mol. The Morgan fingerprint density at radius 3 is 2.35 bits per heavy atom. The van der Waals surface area contributed by atoms with Gasteiger partial charge in [0.15, 0.2) is 5.96 Å². The molecule has 26 heavy (non-hydrogen) atoms. The second-order valence-corrected chi connectivity index (χ2v) is 8.64. The van der Waals surface area contributed by atoms with Gasteiger partial charge >= 0.3 is 0 Å². The maximum absolute atomic E-state index is 4.51. The minimum Gasteiger partial charge on any atom is -0.356 e. The molecule has 0 bridgehead atoms. The first kappa shape index (κ1) is 24.0. The molecule has 1 saturated heterocycles. The number of hydrogen-bond acceptors (Lipinski definition) is 3. The molecule has 1 aliphatic heterocycles. The standard InChI is InChI=1S/C20H41N5.HI/c1-17-6-8-19(9-7-17)16-24(5)20(21-3)22-14-18(2)15-25-12-10-23(4)11-13-25;/h17-19H,6-16H2,1-5H3,(H,21,22);1H. The molecule has 1 atom stereocenters.